The second-order valence-electron chi connectivity index (χ2n) is 11.8. The molecule has 0 saturated carbocycles. The summed E-state index contributed by atoms with van der Waals surface area (Å²) < 4.78 is 0. The Bertz CT molecular complexity index is 1440. The number of carbonyl (C=O) groups excluding carboxylic acids is 1. The van der Waals surface area contributed by atoms with Crippen LogP contribution < -0.4 is 5.32 Å². The monoisotopic (exact) mass is 574 g/mol. The lowest BCUT2D eigenvalue weighted by atomic mass is 9.83. The zero-order chi connectivity index (χ0) is 28.4. The minimum atomic E-state index is -0.518. The molecule has 0 fully saturated rings. The summed E-state index contributed by atoms with van der Waals surface area (Å²) in [6, 6.07) is 7.48. The van der Waals surface area contributed by atoms with E-state index in [1.807, 2.05) is 36.0 Å². The van der Waals surface area contributed by atoms with Crippen LogP contribution in [0.25, 0.3) is 17.3 Å². The van der Waals surface area contributed by atoms with Gasteiger partial charge in [-0.2, -0.15) is 11.8 Å². The van der Waals surface area contributed by atoms with E-state index in [9.17, 15) is 9.90 Å². The molecule has 3 aromatic rings. The first-order chi connectivity index (χ1) is 19.2. The van der Waals surface area contributed by atoms with Gasteiger partial charge in [0.05, 0.1) is 35.2 Å². The number of thiazole rings is 1. The van der Waals surface area contributed by atoms with Gasteiger partial charge in [0.1, 0.15) is 11.2 Å². The topological polar surface area (TPSA) is 88.0 Å². The fourth-order valence-corrected chi connectivity index (χ4v) is 7.07. The van der Waals surface area contributed by atoms with Crippen LogP contribution in [-0.4, -0.2) is 44.1 Å². The molecule has 40 heavy (non-hydrogen) atoms. The molecular formula is C32H38N4O2S2. The highest BCUT2D eigenvalue weighted by Crippen LogP contribution is 2.42. The van der Waals surface area contributed by atoms with E-state index in [2.05, 4.69) is 57.1 Å². The third-order valence-electron chi connectivity index (χ3n) is 7.90. The molecule has 1 amide bonds. The smallest absolute Gasteiger partial charge is 0.263 e. The van der Waals surface area contributed by atoms with Crippen molar-refractivity contribution in [1.82, 2.24) is 20.3 Å². The Balaban J connectivity index is 1.40. The average Bonchev–Trinajstić information content (AvgIpc) is 3.43. The van der Waals surface area contributed by atoms with Crippen LogP contribution >= 0.6 is 23.1 Å². The number of nitrogens with zero attached hydrogens (tertiary/aromatic N) is 3. The number of allylic oxidation sites excluding steroid dienone is 2. The van der Waals surface area contributed by atoms with Gasteiger partial charge in [-0.3, -0.25) is 4.79 Å². The molecule has 0 saturated heterocycles. The Labute approximate surface area is 245 Å². The quantitative estimate of drug-likeness (QED) is 0.331. The number of aliphatic hydroxyl groups is 1. The zero-order valence-corrected chi connectivity index (χ0v) is 25.5. The Morgan fingerprint density at radius 2 is 1.90 bits per heavy atom. The molecule has 2 aliphatic rings. The molecule has 0 spiro atoms. The molecule has 1 aliphatic heterocycles. The molecule has 1 aliphatic carbocycles. The summed E-state index contributed by atoms with van der Waals surface area (Å²) in [5.74, 6) is 2.81. The minimum Gasteiger partial charge on any atom is -0.394 e. The minimum absolute atomic E-state index is 0.117. The van der Waals surface area contributed by atoms with Crippen LogP contribution in [0.1, 0.15) is 90.9 Å². The van der Waals surface area contributed by atoms with Crippen molar-refractivity contribution < 1.29 is 9.90 Å². The Morgan fingerprint density at radius 1 is 1.12 bits per heavy atom. The van der Waals surface area contributed by atoms with Crippen LogP contribution in [0.15, 0.2) is 54.0 Å². The lowest BCUT2D eigenvalue weighted by Crippen LogP contribution is -2.30. The first kappa shape index (κ1) is 28.7. The number of thioether (sulfide) groups is 1. The molecule has 1 aromatic carbocycles. The van der Waals surface area contributed by atoms with E-state index in [0.29, 0.717) is 16.7 Å². The predicted molar refractivity (Wildman–Crippen MR) is 166 cm³/mol. The van der Waals surface area contributed by atoms with Gasteiger partial charge in [-0.1, -0.05) is 65.0 Å². The summed E-state index contributed by atoms with van der Waals surface area (Å²) in [4.78, 5) is 27.4. The van der Waals surface area contributed by atoms with Gasteiger partial charge >= 0.3 is 0 Å². The van der Waals surface area contributed by atoms with Crippen LogP contribution in [0.5, 0.6) is 0 Å². The van der Waals surface area contributed by atoms with Crippen molar-refractivity contribution in [3.63, 3.8) is 0 Å². The lowest BCUT2D eigenvalue weighted by Gasteiger charge is -2.23. The largest absolute Gasteiger partial charge is 0.394 e. The molecule has 210 valence electrons. The van der Waals surface area contributed by atoms with Crippen molar-refractivity contribution in [3.05, 3.63) is 80.7 Å². The molecule has 3 heterocycles. The molecule has 3 atom stereocenters. The maximum Gasteiger partial charge on any atom is 0.263 e. The highest BCUT2D eigenvalue weighted by Gasteiger charge is 2.28. The summed E-state index contributed by atoms with van der Waals surface area (Å²) in [6.07, 6.45) is 10.1. The van der Waals surface area contributed by atoms with E-state index < -0.39 is 6.04 Å². The number of aromatic nitrogens is 3. The number of benzene rings is 1. The van der Waals surface area contributed by atoms with Crippen molar-refractivity contribution in [2.24, 2.45) is 5.92 Å². The van der Waals surface area contributed by atoms with E-state index in [1.165, 1.54) is 33.8 Å². The number of rotatable bonds is 6. The van der Waals surface area contributed by atoms with E-state index in [0.717, 1.165) is 46.1 Å². The number of carbonyl (C=O) groups is 1. The van der Waals surface area contributed by atoms with Gasteiger partial charge in [0.25, 0.3) is 5.91 Å². The fraction of sp³-hybridized carbons (Fsp3) is 0.438. The molecule has 3 unspecified atom stereocenters. The number of nitrogens with one attached hydrogen (secondary N) is 1. The third kappa shape index (κ3) is 6.09. The van der Waals surface area contributed by atoms with Crippen molar-refractivity contribution in [1.29, 1.82) is 0 Å². The van der Waals surface area contributed by atoms with Crippen molar-refractivity contribution >= 4 is 35.1 Å². The number of amides is 1. The van der Waals surface area contributed by atoms with E-state index in [4.69, 9.17) is 9.97 Å². The van der Waals surface area contributed by atoms with Gasteiger partial charge in [-0.05, 0) is 53.2 Å². The van der Waals surface area contributed by atoms with E-state index in [1.54, 1.807) is 12.5 Å². The first-order valence-corrected chi connectivity index (χ1v) is 15.9. The second kappa shape index (κ2) is 12.0. The molecule has 2 aromatic heterocycles. The van der Waals surface area contributed by atoms with Crippen molar-refractivity contribution in [3.8, 4) is 11.3 Å². The summed E-state index contributed by atoms with van der Waals surface area (Å²) >= 11 is 3.38. The highest BCUT2D eigenvalue weighted by molar-refractivity contribution is 7.99. The first-order valence-electron chi connectivity index (χ1n) is 14.0. The van der Waals surface area contributed by atoms with Crippen molar-refractivity contribution in [2.45, 2.75) is 64.8 Å². The van der Waals surface area contributed by atoms with Crippen LogP contribution in [0.3, 0.4) is 0 Å². The number of hydrogen-bond donors (Lipinski definition) is 2. The summed E-state index contributed by atoms with van der Waals surface area (Å²) in [5, 5.41) is 14.0. The molecule has 6 nitrogen and oxygen atoms in total. The van der Waals surface area contributed by atoms with E-state index in [-0.39, 0.29) is 17.9 Å². The number of hydrogen-bond acceptors (Lipinski definition) is 7. The molecule has 0 bridgehead atoms. The van der Waals surface area contributed by atoms with Crippen LogP contribution in [0, 0.1) is 5.92 Å². The highest BCUT2D eigenvalue weighted by atomic mass is 32.2. The summed E-state index contributed by atoms with van der Waals surface area (Å²) in [6.45, 7) is 10.6. The van der Waals surface area contributed by atoms with Crippen LogP contribution in [0.2, 0.25) is 0 Å². The second-order valence-corrected chi connectivity index (χ2v) is 14.0. The average molecular weight is 575 g/mol. The molecule has 5 rings (SSSR count). The molecular weight excluding hydrogens is 537 g/mol. The van der Waals surface area contributed by atoms with Gasteiger partial charge in [0, 0.05) is 22.3 Å². The molecule has 8 heteroatoms. The maximum atomic E-state index is 12.9. The molecule has 0 radical (unpaired) electrons. The SMILES string of the molecule is CC1CC(C2=CCSCC2)=Cc2ncnc(-c3ccc(C(CO)NC(=O)c4cnc(C(C)(C)C)s4)cc3)c2C1C. The maximum absolute atomic E-state index is 12.9. The normalized spacial score (nSPS) is 20.1. The van der Waals surface area contributed by atoms with Gasteiger partial charge in [0.15, 0.2) is 0 Å². The zero-order valence-electron chi connectivity index (χ0n) is 23.9. The van der Waals surface area contributed by atoms with E-state index >= 15 is 0 Å². The Kier molecular flexibility index (Phi) is 8.59. The summed E-state index contributed by atoms with van der Waals surface area (Å²) in [5.41, 5.74) is 7.77. The Hall–Kier alpha value is -2.81. The van der Waals surface area contributed by atoms with Crippen LogP contribution in [-0.2, 0) is 5.41 Å². The van der Waals surface area contributed by atoms with Crippen molar-refractivity contribution in [2.75, 3.05) is 18.1 Å². The van der Waals surface area contributed by atoms with Gasteiger partial charge < -0.3 is 10.4 Å². The predicted octanol–water partition coefficient (Wildman–Crippen LogP) is 6.95. The lowest BCUT2D eigenvalue weighted by molar-refractivity contribution is 0.0920. The van der Waals surface area contributed by atoms with Gasteiger partial charge in [0.2, 0.25) is 0 Å². The Morgan fingerprint density at radius 3 is 2.55 bits per heavy atom. The molecule has 2 N–H and O–H groups in total. The third-order valence-corrected chi connectivity index (χ3v) is 10.2. The van der Waals surface area contributed by atoms with Gasteiger partial charge in [-0.25, -0.2) is 15.0 Å². The standard InChI is InChI=1S/C32H38N4O2S2/c1-19-14-24(21-10-12-39-13-11-21)15-25-28(20(19)2)29(35-18-34-25)23-8-6-22(7-9-23)26(17-37)36-30(38)27-16-33-31(40-27)32(3,4)5/h6-10,15-16,18-20,26,37H,11-14,17H2,1-5H3,(H,36,38). The summed E-state index contributed by atoms with van der Waals surface area (Å²) in [7, 11) is 0. The number of fused-ring (bicyclic) bond motifs is 1. The number of aliphatic hydroxyl groups excluding tert-OH is 1. The van der Waals surface area contributed by atoms with Gasteiger partial charge in [-0.15, -0.1) is 11.3 Å². The fourth-order valence-electron chi connectivity index (χ4n) is 5.34. The van der Waals surface area contributed by atoms with Crippen LogP contribution in [0.4, 0.5) is 0 Å².